The molecule has 1 aliphatic heterocycles. The Labute approximate surface area is 123 Å². The first kappa shape index (κ1) is 13.3. The van der Waals surface area contributed by atoms with E-state index in [0.717, 1.165) is 30.1 Å². The summed E-state index contributed by atoms with van der Waals surface area (Å²) in [6.45, 7) is 5.94. The van der Waals surface area contributed by atoms with Gasteiger partial charge in [0.1, 0.15) is 0 Å². The first-order valence-corrected chi connectivity index (χ1v) is 7.66. The van der Waals surface area contributed by atoms with Crippen molar-refractivity contribution < 1.29 is 4.79 Å². The third kappa shape index (κ3) is 2.49. The third-order valence-electron chi connectivity index (χ3n) is 3.78. The maximum Gasteiger partial charge on any atom is 0.265 e. The molecule has 0 spiro atoms. The predicted molar refractivity (Wildman–Crippen MR) is 83.6 cm³/mol. The molecule has 2 N–H and O–H groups in total. The molecule has 20 heavy (non-hydrogen) atoms. The van der Waals surface area contributed by atoms with Crippen molar-refractivity contribution >= 4 is 22.9 Å². The number of carbonyl (C=O) groups is 1. The van der Waals surface area contributed by atoms with Crippen LogP contribution in [0.1, 0.15) is 31.2 Å². The van der Waals surface area contributed by atoms with Crippen LogP contribution >= 0.6 is 11.3 Å². The van der Waals surface area contributed by atoms with E-state index in [1.165, 1.54) is 21.6 Å². The second-order valence-corrected chi connectivity index (χ2v) is 6.43. The first-order chi connectivity index (χ1) is 9.65. The number of carbonyl (C=O) groups excluding carboxylic acids is 1. The van der Waals surface area contributed by atoms with Gasteiger partial charge < -0.3 is 10.6 Å². The molecule has 1 aliphatic rings. The summed E-state index contributed by atoms with van der Waals surface area (Å²) in [5.74, 6) is -0.00173. The van der Waals surface area contributed by atoms with Gasteiger partial charge in [-0.15, -0.1) is 11.3 Å². The average Bonchev–Trinajstić information content (AvgIpc) is 2.79. The van der Waals surface area contributed by atoms with Crippen LogP contribution < -0.4 is 10.6 Å². The van der Waals surface area contributed by atoms with Crippen molar-refractivity contribution in [3.63, 3.8) is 0 Å². The van der Waals surface area contributed by atoms with Crippen LogP contribution in [-0.2, 0) is 13.0 Å². The highest BCUT2D eigenvalue weighted by atomic mass is 32.1. The molecule has 1 aromatic heterocycles. The number of hydrogen-bond donors (Lipinski definition) is 2. The smallest absolute Gasteiger partial charge is 0.265 e. The zero-order chi connectivity index (χ0) is 14.1. The van der Waals surface area contributed by atoms with Crippen LogP contribution in [-0.4, -0.2) is 12.5 Å². The van der Waals surface area contributed by atoms with Crippen LogP contribution in [0.3, 0.4) is 0 Å². The Kier molecular flexibility index (Phi) is 3.59. The van der Waals surface area contributed by atoms with Crippen LogP contribution in [0, 0.1) is 13.8 Å². The van der Waals surface area contributed by atoms with Gasteiger partial charge in [0.25, 0.3) is 5.91 Å². The number of rotatable bonds is 2. The van der Waals surface area contributed by atoms with Crippen LogP contribution in [0.2, 0.25) is 0 Å². The van der Waals surface area contributed by atoms with E-state index in [2.05, 4.69) is 16.7 Å². The van der Waals surface area contributed by atoms with Crippen LogP contribution in [0.25, 0.3) is 0 Å². The SMILES string of the molecule is Cc1cc(C(=O)Nc2cccc3c2CCNC3)sc1C. The fourth-order valence-corrected chi connectivity index (χ4v) is 3.45. The molecular formula is C16H18N2OS. The topological polar surface area (TPSA) is 41.1 Å². The lowest BCUT2D eigenvalue weighted by Crippen LogP contribution is -2.25. The Balaban J connectivity index is 1.86. The van der Waals surface area contributed by atoms with Gasteiger partial charge in [0, 0.05) is 17.1 Å². The molecule has 0 saturated carbocycles. The summed E-state index contributed by atoms with van der Waals surface area (Å²) < 4.78 is 0. The van der Waals surface area contributed by atoms with Gasteiger partial charge in [-0.2, -0.15) is 0 Å². The minimum absolute atomic E-state index is 0.00173. The van der Waals surface area contributed by atoms with E-state index in [1.807, 2.05) is 32.0 Å². The normalized spacial score (nSPS) is 13.9. The third-order valence-corrected chi connectivity index (χ3v) is 4.93. The van der Waals surface area contributed by atoms with Gasteiger partial charge >= 0.3 is 0 Å². The van der Waals surface area contributed by atoms with Gasteiger partial charge in [0.15, 0.2) is 0 Å². The lowest BCUT2D eigenvalue weighted by molar-refractivity contribution is 0.103. The van der Waals surface area contributed by atoms with Gasteiger partial charge in [-0.1, -0.05) is 12.1 Å². The summed E-state index contributed by atoms with van der Waals surface area (Å²) in [4.78, 5) is 14.3. The van der Waals surface area contributed by atoms with E-state index in [9.17, 15) is 4.79 Å². The lowest BCUT2D eigenvalue weighted by atomic mass is 9.99. The van der Waals surface area contributed by atoms with Crippen molar-refractivity contribution in [1.82, 2.24) is 5.32 Å². The number of thiophene rings is 1. The number of fused-ring (bicyclic) bond motifs is 1. The van der Waals surface area contributed by atoms with Crippen molar-refractivity contribution in [1.29, 1.82) is 0 Å². The maximum atomic E-state index is 12.3. The van der Waals surface area contributed by atoms with E-state index >= 15 is 0 Å². The van der Waals surface area contributed by atoms with Crippen LogP contribution in [0.5, 0.6) is 0 Å². The summed E-state index contributed by atoms with van der Waals surface area (Å²) in [7, 11) is 0. The molecule has 3 rings (SSSR count). The monoisotopic (exact) mass is 286 g/mol. The van der Waals surface area contributed by atoms with E-state index in [1.54, 1.807) is 11.3 Å². The van der Waals surface area contributed by atoms with Crippen LogP contribution in [0.4, 0.5) is 5.69 Å². The zero-order valence-corrected chi connectivity index (χ0v) is 12.6. The molecule has 1 amide bonds. The Morgan fingerprint density at radius 1 is 1.35 bits per heavy atom. The molecule has 0 unspecified atom stereocenters. The Morgan fingerprint density at radius 2 is 2.20 bits per heavy atom. The second kappa shape index (κ2) is 5.38. The van der Waals surface area contributed by atoms with Crippen molar-refractivity contribution in [2.75, 3.05) is 11.9 Å². The molecule has 4 heteroatoms. The molecular weight excluding hydrogens is 268 g/mol. The summed E-state index contributed by atoms with van der Waals surface area (Å²) in [5.41, 5.74) is 4.69. The summed E-state index contributed by atoms with van der Waals surface area (Å²) in [5, 5.41) is 6.42. The standard InChI is InChI=1S/C16H18N2OS/c1-10-8-15(20-11(10)2)16(19)18-14-5-3-4-12-9-17-7-6-13(12)14/h3-5,8,17H,6-7,9H2,1-2H3,(H,18,19). The summed E-state index contributed by atoms with van der Waals surface area (Å²) >= 11 is 1.55. The van der Waals surface area contributed by atoms with E-state index < -0.39 is 0 Å². The number of benzene rings is 1. The minimum Gasteiger partial charge on any atom is -0.321 e. The molecule has 0 fully saturated rings. The molecule has 2 aromatic rings. The Bertz CT molecular complexity index is 641. The zero-order valence-electron chi connectivity index (χ0n) is 11.7. The predicted octanol–water partition coefficient (Wildman–Crippen LogP) is 3.26. The lowest BCUT2D eigenvalue weighted by Gasteiger charge is -2.20. The molecule has 2 heterocycles. The highest BCUT2D eigenvalue weighted by Crippen LogP contribution is 2.26. The summed E-state index contributed by atoms with van der Waals surface area (Å²) in [6.07, 6.45) is 0.967. The van der Waals surface area contributed by atoms with E-state index in [-0.39, 0.29) is 5.91 Å². The van der Waals surface area contributed by atoms with E-state index in [4.69, 9.17) is 0 Å². The molecule has 1 aromatic carbocycles. The molecule has 0 bridgehead atoms. The van der Waals surface area contributed by atoms with Crippen molar-refractivity contribution in [2.24, 2.45) is 0 Å². The average molecular weight is 286 g/mol. The molecule has 0 radical (unpaired) electrons. The van der Waals surface area contributed by atoms with Crippen molar-refractivity contribution in [3.8, 4) is 0 Å². The highest BCUT2D eigenvalue weighted by molar-refractivity contribution is 7.14. The highest BCUT2D eigenvalue weighted by Gasteiger charge is 2.16. The minimum atomic E-state index is -0.00173. The van der Waals surface area contributed by atoms with Crippen LogP contribution in [0.15, 0.2) is 24.3 Å². The van der Waals surface area contributed by atoms with Gasteiger partial charge in [-0.25, -0.2) is 0 Å². The molecule has 3 nitrogen and oxygen atoms in total. The number of nitrogens with one attached hydrogen (secondary N) is 2. The van der Waals surface area contributed by atoms with Crippen molar-refractivity contribution in [2.45, 2.75) is 26.8 Å². The molecule has 0 saturated heterocycles. The quantitative estimate of drug-likeness (QED) is 0.889. The number of anilines is 1. The van der Waals surface area contributed by atoms with Gasteiger partial charge in [0.2, 0.25) is 0 Å². The largest absolute Gasteiger partial charge is 0.321 e. The first-order valence-electron chi connectivity index (χ1n) is 6.85. The summed E-state index contributed by atoms with van der Waals surface area (Å²) in [6, 6.07) is 8.09. The fraction of sp³-hybridized carbons (Fsp3) is 0.312. The van der Waals surface area contributed by atoms with Gasteiger partial charge in [-0.3, -0.25) is 4.79 Å². The number of hydrogen-bond acceptors (Lipinski definition) is 3. The second-order valence-electron chi connectivity index (χ2n) is 5.17. The maximum absolute atomic E-state index is 12.3. The number of amides is 1. The van der Waals surface area contributed by atoms with Gasteiger partial charge in [-0.05, 0) is 55.6 Å². The fourth-order valence-electron chi connectivity index (χ4n) is 2.52. The number of aryl methyl sites for hydroxylation is 2. The Hall–Kier alpha value is -1.65. The van der Waals surface area contributed by atoms with E-state index in [0.29, 0.717) is 0 Å². The van der Waals surface area contributed by atoms with Gasteiger partial charge in [0.05, 0.1) is 4.88 Å². The van der Waals surface area contributed by atoms with Crippen molar-refractivity contribution in [3.05, 3.63) is 50.7 Å². The molecule has 0 aliphatic carbocycles. The molecule has 0 atom stereocenters. The molecule has 104 valence electrons. The Morgan fingerprint density at radius 3 is 2.95 bits per heavy atom.